The van der Waals surface area contributed by atoms with Gasteiger partial charge in [-0.3, -0.25) is 0 Å². The van der Waals surface area contributed by atoms with Crippen molar-refractivity contribution in [3.05, 3.63) is 0 Å². The predicted octanol–water partition coefficient (Wildman–Crippen LogP) is 0.555. The lowest BCUT2D eigenvalue weighted by Gasteiger charge is -2.27. The molecule has 0 atom stereocenters. The second-order valence-electron chi connectivity index (χ2n) is 5.59. The fourth-order valence-corrected chi connectivity index (χ4v) is 2.40. The first kappa shape index (κ1) is 15.9. The minimum Gasteiger partial charge on any atom is -0.315 e. The molecule has 1 N–H and O–H groups in total. The summed E-state index contributed by atoms with van der Waals surface area (Å²) in [5.74, 6) is 0. The summed E-state index contributed by atoms with van der Waals surface area (Å²) in [6.45, 7) is 13.2. The van der Waals surface area contributed by atoms with Crippen LogP contribution in [0.4, 0.5) is 0 Å². The van der Waals surface area contributed by atoms with E-state index in [1.165, 1.54) is 65.2 Å². The van der Waals surface area contributed by atoms with E-state index < -0.39 is 0 Å². The highest BCUT2D eigenvalue weighted by atomic mass is 15.2. The average Bonchev–Trinajstić information content (AvgIpc) is 2.61. The molecule has 0 bridgehead atoms. The molecule has 1 fully saturated rings. The molecule has 1 rings (SSSR count). The SMILES string of the molecule is CCCN(CCN(C)C)CCN1CCCNCC1. The molecule has 0 aromatic heterocycles. The Morgan fingerprint density at radius 2 is 1.83 bits per heavy atom. The monoisotopic (exact) mass is 256 g/mol. The fourth-order valence-electron chi connectivity index (χ4n) is 2.40. The highest BCUT2D eigenvalue weighted by Gasteiger charge is 2.10. The van der Waals surface area contributed by atoms with Gasteiger partial charge in [0, 0.05) is 39.3 Å². The topological polar surface area (TPSA) is 21.8 Å². The number of likely N-dealkylation sites (N-methyl/N-ethyl adjacent to an activating group) is 1. The predicted molar refractivity (Wildman–Crippen MR) is 79.2 cm³/mol. The molecule has 1 saturated heterocycles. The molecule has 0 spiro atoms. The van der Waals surface area contributed by atoms with E-state index in [1.54, 1.807) is 0 Å². The van der Waals surface area contributed by atoms with Crippen LogP contribution in [-0.4, -0.2) is 87.7 Å². The van der Waals surface area contributed by atoms with Crippen LogP contribution in [-0.2, 0) is 0 Å². The Bertz CT molecular complexity index is 188. The van der Waals surface area contributed by atoms with Gasteiger partial charge in [-0.15, -0.1) is 0 Å². The summed E-state index contributed by atoms with van der Waals surface area (Å²) in [5, 5.41) is 3.47. The largest absolute Gasteiger partial charge is 0.315 e. The lowest BCUT2D eigenvalue weighted by molar-refractivity contribution is 0.196. The Kier molecular flexibility index (Phi) is 8.59. The third-order valence-electron chi connectivity index (χ3n) is 3.57. The van der Waals surface area contributed by atoms with Crippen LogP contribution in [0.3, 0.4) is 0 Å². The molecule has 0 unspecified atom stereocenters. The van der Waals surface area contributed by atoms with Crippen molar-refractivity contribution in [1.29, 1.82) is 0 Å². The second-order valence-corrected chi connectivity index (χ2v) is 5.59. The summed E-state index contributed by atoms with van der Waals surface area (Å²) < 4.78 is 0. The minimum atomic E-state index is 1.16. The summed E-state index contributed by atoms with van der Waals surface area (Å²) in [6.07, 6.45) is 2.56. The van der Waals surface area contributed by atoms with Crippen LogP contribution < -0.4 is 5.32 Å². The maximum atomic E-state index is 3.47. The van der Waals surface area contributed by atoms with Gasteiger partial charge in [-0.1, -0.05) is 6.92 Å². The molecule has 0 radical (unpaired) electrons. The van der Waals surface area contributed by atoms with Crippen molar-refractivity contribution in [2.24, 2.45) is 0 Å². The van der Waals surface area contributed by atoms with E-state index in [0.717, 1.165) is 6.54 Å². The molecule has 0 saturated carbocycles. The van der Waals surface area contributed by atoms with E-state index in [9.17, 15) is 0 Å². The molecule has 18 heavy (non-hydrogen) atoms. The molecule has 0 amide bonds. The summed E-state index contributed by atoms with van der Waals surface area (Å²) in [5.41, 5.74) is 0. The van der Waals surface area contributed by atoms with Crippen LogP contribution >= 0.6 is 0 Å². The highest BCUT2D eigenvalue weighted by Crippen LogP contribution is 1.98. The standard InChI is InChI=1S/C14H32N4/c1-4-8-17(12-11-16(2)3)13-14-18-9-5-6-15-7-10-18/h15H,4-14H2,1-3H3. The van der Waals surface area contributed by atoms with Gasteiger partial charge >= 0.3 is 0 Å². The van der Waals surface area contributed by atoms with Crippen LogP contribution in [0, 0.1) is 0 Å². The van der Waals surface area contributed by atoms with E-state index in [1.807, 2.05) is 0 Å². The molecule has 108 valence electrons. The summed E-state index contributed by atoms with van der Waals surface area (Å²) >= 11 is 0. The molecule has 0 aliphatic carbocycles. The Hall–Kier alpha value is -0.160. The molecule has 1 aliphatic rings. The molecule has 4 nitrogen and oxygen atoms in total. The number of nitrogens with one attached hydrogen (secondary N) is 1. The van der Waals surface area contributed by atoms with Crippen molar-refractivity contribution in [1.82, 2.24) is 20.0 Å². The van der Waals surface area contributed by atoms with Crippen LogP contribution in [0.1, 0.15) is 19.8 Å². The summed E-state index contributed by atoms with van der Waals surface area (Å²) in [7, 11) is 4.31. The normalized spacial score (nSPS) is 18.5. The number of rotatable bonds is 8. The number of nitrogens with zero attached hydrogens (tertiary/aromatic N) is 3. The van der Waals surface area contributed by atoms with Crippen LogP contribution in [0.2, 0.25) is 0 Å². The van der Waals surface area contributed by atoms with Crippen molar-refractivity contribution in [2.45, 2.75) is 19.8 Å². The second kappa shape index (κ2) is 9.73. The van der Waals surface area contributed by atoms with Crippen molar-refractivity contribution < 1.29 is 0 Å². The zero-order valence-electron chi connectivity index (χ0n) is 12.6. The number of hydrogen-bond donors (Lipinski definition) is 1. The van der Waals surface area contributed by atoms with Gasteiger partial charge in [0.15, 0.2) is 0 Å². The third-order valence-corrected chi connectivity index (χ3v) is 3.57. The Labute approximate surface area is 113 Å². The fraction of sp³-hybridized carbons (Fsp3) is 1.00. The lowest BCUT2D eigenvalue weighted by atomic mass is 10.3. The molecule has 1 heterocycles. The summed E-state index contributed by atoms with van der Waals surface area (Å²) in [6, 6.07) is 0. The van der Waals surface area contributed by atoms with Crippen LogP contribution in [0.15, 0.2) is 0 Å². The zero-order chi connectivity index (χ0) is 13.2. The van der Waals surface area contributed by atoms with Crippen LogP contribution in [0.5, 0.6) is 0 Å². The highest BCUT2D eigenvalue weighted by molar-refractivity contribution is 4.68. The van der Waals surface area contributed by atoms with E-state index in [4.69, 9.17) is 0 Å². The van der Waals surface area contributed by atoms with Gasteiger partial charge in [-0.05, 0) is 46.6 Å². The van der Waals surface area contributed by atoms with E-state index in [-0.39, 0.29) is 0 Å². The molecular formula is C14H32N4. The van der Waals surface area contributed by atoms with Crippen molar-refractivity contribution in [3.63, 3.8) is 0 Å². The van der Waals surface area contributed by atoms with Crippen LogP contribution in [0.25, 0.3) is 0 Å². The van der Waals surface area contributed by atoms with Gasteiger partial charge in [-0.25, -0.2) is 0 Å². The van der Waals surface area contributed by atoms with Crippen molar-refractivity contribution >= 4 is 0 Å². The van der Waals surface area contributed by atoms with Gasteiger partial charge in [-0.2, -0.15) is 0 Å². The quantitative estimate of drug-likeness (QED) is 0.685. The van der Waals surface area contributed by atoms with E-state index in [0.29, 0.717) is 0 Å². The molecule has 4 heteroatoms. The molecule has 0 aromatic rings. The Morgan fingerprint density at radius 1 is 1.00 bits per heavy atom. The van der Waals surface area contributed by atoms with Gasteiger partial charge in [0.25, 0.3) is 0 Å². The van der Waals surface area contributed by atoms with Gasteiger partial charge in [0.05, 0.1) is 0 Å². The van der Waals surface area contributed by atoms with E-state index in [2.05, 4.69) is 41.0 Å². The molecule has 0 aromatic carbocycles. The lowest BCUT2D eigenvalue weighted by Crippen LogP contribution is -2.39. The van der Waals surface area contributed by atoms with Gasteiger partial charge < -0.3 is 20.0 Å². The van der Waals surface area contributed by atoms with Gasteiger partial charge in [0.2, 0.25) is 0 Å². The van der Waals surface area contributed by atoms with Gasteiger partial charge in [0.1, 0.15) is 0 Å². The number of hydrogen-bond acceptors (Lipinski definition) is 4. The molecule has 1 aliphatic heterocycles. The van der Waals surface area contributed by atoms with E-state index >= 15 is 0 Å². The zero-order valence-corrected chi connectivity index (χ0v) is 12.6. The first-order valence-electron chi connectivity index (χ1n) is 7.52. The smallest absolute Gasteiger partial charge is 0.0110 e. The Morgan fingerprint density at radius 3 is 2.56 bits per heavy atom. The maximum Gasteiger partial charge on any atom is 0.0110 e. The maximum absolute atomic E-state index is 3.47. The third kappa shape index (κ3) is 7.31. The molecular weight excluding hydrogens is 224 g/mol. The average molecular weight is 256 g/mol. The van der Waals surface area contributed by atoms with Crippen molar-refractivity contribution in [3.8, 4) is 0 Å². The minimum absolute atomic E-state index is 1.16. The first-order chi connectivity index (χ1) is 8.72. The first-order valence-corrected chi connectivity index (χ1v) is 7.52. The Balaban J connectivity index is 2.22. The summed E-state index contributed by atoms with van der Waals surface area (Å²) in [4.78, 5) is 7.50. The van der Waals surface area contributed by atoms with Crippen molar-refractivity contribution in [2.75, 3.05) is 73.0 Å².